The van der Waals surface area contributed by atoms with Crippen molar-refractivity contribution in [2.24, 2.45) is 17.8 Å². The Morgan fingerprint density at radius 2 is 1.81 bits per heavy atom. The first kappa shape index (κ1) is 20.7. The number of nitro groups is 1. The summed E-state index contributed by atoms with van der Waals surface area (Å²) in [6.07, 6.45) is 0.0120. The first-order valence-corrected chi connectivity index (χ1v) is 9.01. The number of ether oxygens (including phenoxy) is 1. The van der Waals surface area contributed by atoms with Gasteiger partial charge in [-0.2, -0.15) is 0 Å². The Morgan fingerprint density at radius 1 is 1.19 bits per heavy atom. The molecule has 0 bridgehead atoms. The third kappa shape index (κ3) is 4.99. The molecule has 1 saturated carbocycles. The van der Waals surface area contributed by atoms with Crippen LogP contribution in [0.3, 0.4) is 0 Å². The van der Waals surface area contributed by atoms with Gasteiger partial charge in [-0.25, -0.2) is 0 Å². The van der Waals surface area contributed by atoms with E-state index in [4.69, 9.17) is 4.74 Å². The van der Waals surface area contributed by atoms with Gasteiger partial charge in [-0.05, 0) is 49.4 Å². The zero-order valence-corrected chi connectivity index (χ0v) is 16.1. The SMILES string of the molecule is Cc1cc(C)c(C(=O)COC(=O)C[C@H]2C(=O)C[C@@H](C)[C@@H]2C[N+](=O)[O-])cc1C. The highest BCUT2D eigenvalue weighted by Crippen LogP contribution is 2.36. The fourth-order valence-electron chi connectivity index (χ4n) is 3.72. The molecule has 0 aliphatic heterocycles. The quantitative estimate of drug-likeness (QED) is 0.314. The van der Waals surface area contributed by atoms with Gasteiger partial charge in [-0.3, -0.25) is 24.5 Å². The second-order valence-electron chi connectivity index (χ2n) is 7.47. The number of nitrogens with zero attached hydrogens (tertiary/aromatic N) is 1. The Hall–Kier alpha value is -2.57. The van der Waals surface area contributed by atoms with Gasteiger partial charge in [-0.15, -0.1) is 0 Å². The first-order chi connectivity index (χ1) is 12.6. The van der Waals surface area contributed by atoms with Crippen molar-refractivity contribution in [3.63, 3.8) is 0 Å². The van der Waals surface area contributed by atoms with Crippen LogP contribution in [0.25, 0.3) is 0 Å². The minimum Gasteiger partial charge on any atom is -0.457 e. The van der Waals surface area contributed by atoms with E-state index < -0.39 is 29.3 Å². The summed E-state index contributed by atoms with van der Waals surface area (Å²) in [6, 6.07) is 3.68. The summed E-state index contributed by atoms with van der Waals surface area (Å²) in [4.78, 5) is 47.0. The van der Waals surface area contributed by atoms with E-state index in [1.807, 2.05) is 26.8 Å². The molecule has 1 aliphatic rings. The lowest BCUT2D eigenvalue weighted by molar-refractivity contribution is -0.490. The number of hydrogen-bond acceptors (Lipinski definition) is 6. The van der Waals surface area contributed by atoms with Crippen LogP contribution < -0.4 is 0 Å². The second kappa shape index (κ2) is 8.41. The Kier molecular flexibility index (Phi) is 6.46. The van der Waals surface area contributed by atoms with Crippen molar-refractivity contribution in [1.82, 2.24) is 0 Å². The van der Waals surface area contributed by atoms with Crippen molar-refractivity contribution in [2.45, 2.75) is 40.5 Å². The third-order valence-corrected chi connectivity index (χ3v) is 5.44. The van der Waals surface area contributed by atoms with Crippen molar-refractivity contribution in [3.8, 4) is 0 Å². The van der Waals surface area contributed by atoms with Gasteiger partial charge in [0.2, 0.25) is 12.3 Å². The fourth-order valence-corrected chi connectivity index (χ4v) is 3.72. The highest BCUT2D eigenvalue weighted by atomic mass is 16.6. The van der Waals surface area contributed by atoms with E-state index >= 15 is 0 Å². The van der Waals surface area contributed by atoms with Crippen molar-refractivity contribution < 1.29 is 24.0 Å². The molecule has 7 heteroatoms. The minimum atomic E-state index is -0.712. The molecular weight excluding hydrogens is 350 g/mol. The van der Waals surface area contributed by atoms with Crippen LogP contribution in [0.2, 0.25) is 0 Å². The van der Waals surface area contributed by atoms with Crippen molar-refractivity contribution >= 4 is 17.5 Å². The fraction of sp³-hybridized carbons (Fsp3) is 0.550. The molecule has 146 valence electrons. The number of benzene rings is 1. The average Bonchev–Trinajstić information content (AvgIpc) is 2.82. The maximum atomic E-state index is 12.4. The van der Waals surface area contributed by atoms with Gasteiger partial charge >= 0.3 is 5.97 Å². The maximum absolute atomic E-state index is 12.4. The van der Waals surface area contributed by atoms with Gasteiger partial charge < -0.3 is 4.74 Å². The highest BCUT2D eigenvalue weighted by Gasteiger charge is 2.44. The molecule has 0 radical (unpaired) electrons. The van der Waals surface area contributed by atoms with E-state index in [1.165, 1.54) is 0 Å². The number of esters is 1. The summed E-state index contributed by atoms with van der Waals surface area (Å²) < 4.78 is 5.07. The molecule has 0 amide bonds. The van der Waals surface area contributed by atoms with E-state index in [0.29, 0.717) is 5.56 Å². The Labute approximate surface area is 158 Å². The molecule has 1 aliphatic carbocycles. The Bertz CT molecular complexity index is 785. The summed E-state index contributed by atoms with van der Waals surface area (Å²) in [5.41, 5.74) is 3.36. The molecule has 0 unspecified atom stereocenters. The number of rotatable bonds is 7. The van der Waals surface area contributed by atoms with Gasteiger partial charge in [0.15, 0.2) is 6.61 Å². The van der Waals surface area contributed by atoms with Crippen LogP contribution in [-0.4, -0.2) is 35.6 Å². The molecule has 0 N–H and O–H groups in total. The first-order valence-electron chi connectivity index (χ1n) is 9.01. The number of carbonyl (C=O) groups is 3. The summed E-state index contributed by atoms with van der Waals surface area (Å²) in [5.74, 6) is -2.46. The van der Waals surface area contributed by atoms with Crippen LogP contribution in [0.15, 0.2) is 12.1 Å². The standard InChI is InChI=1S/C20H25NO6/c1-11-5-13(3)15(6-12(11)2)19(23)10-27-20(24)8-16-17(9-21(25)26)14(4)7-18(16)22/h5-6,14,16-17H,7-10H2,1-4H3/t14-,16-,17+/m1/s1. The van der Waals surface area contributed by atoms with Crippen LogP contribution >= 0.6 is 0 Å². The van der Waals surface area contributed by atoms with Crippen LogP contribution in [0.5, 0.6) is 0 Å². The average molecular weight is 375 g/mol. The second-order valence-corrected chi connectivity index (χ2v) is 7.47. The molecule has 0 aromatic heterocycles. The van der Waals surface area contributed by atoms with Crippen LogP contribution in [-0.2, 0) is 14.3 Å². The van der Waals surface area contributed by atoms with Gasteiger partial charge in [0.25, 0.3) is 0 Å². The predicted molar refractivity (Wildman–Crippen MR) is 98.2 cm³/mol. The van der Waals surface area contributed by atoms with Crippen LogP contribution in [0.1, 0.15) is 46.8 Å². The Morgan fingerprint density at radius 3 is 2.44 bits per heavy atom. The highest BCUT2D eigenvalue weighted by molar-refractivity contribution is 5.99. The van der Waals surface area contributed by atoms with Gasteiger partial charge in [0.05, 0.1) is 6.42 Å². The van der Waals surface area contributed by atoms with E-state index in [2.05, 4.69) is 0 Å². The minimum absolute atomic E-state index is 0.138. The Balaban J connectivity index is 1.97. The number of ketones is 2. The normalized spacial score (nSPS) is 21.9. The van der Waals surface area contributed by atoms with Gasteiger partial charge in [0, 0.05) is 28.7 Å². The van der Waals surface area contributed by atoms with Crippen molar-refractivity contribution in [1.29, 1.82) is 0 Å². The van der Waals surface area contributed by atoms with Crippen molar-refractivity contribution in [3.05, 3.63) is 44.5 Å². The molecule has 2 rings (SSSR count). The van der Waals surface area contributed by atoms with E-state index in [9.17, 15) is 24.5 Å². The molecular formula is C20H25NO6. The molecule has 0 saturated heterocycles. The molecule has 0 spiro atoms. The number of aryl methyl sites for hydroxylation is 3. The van der Waals surface area contributed by atoms with Gasteiger partial charge in [-0.1, -0.05) is 13.0 Å². The summed E-state index contributed by atoms with van der Waals surface area (Å²) >= 11 is 0. The molecule has 27 heavy (non-hydrogen) atoms. The number of Topliss-reactive ketones (excluding diaryl/α,β-unsaturated/α-hetero) is 2. The summed E-state index contributed by atoms with van der Waals surface area (Å²) in [5, 5.41) is 10.8. The molecule has 0 heterocycles. The lowest BCUT2D eigenvalue weighted by atomic mass is 9.88. The smallest absolute Gasteiger partial charge is 0.306 e. The zero-order valence-electron chi connectivity index (χ0n) is 16.1. The lowest BCUT2D eigenvalue weighted by Gasteiger charge is -2.17. The third-order valence-electron chi connectivity index (χ3n) is 5.44. The number of hydrogen-bond donors (Lipinski definition) is 0. The zero-order chi connectivity index (χ0) is 20.3. The lowest BCUT2D eigenvalue weighted by Crippen LogP contribution is -2.28. The van der Waals surface area contributed by atoms with Gasteiger partial charge in [0.1, 0.15) is 5.78 Å². The van der Waals surface area contributed by atoms with E-state index in [1.54, 1.807) is 13.0 Å². The van der Waals surface area contributed by atoms with Crippen molar-refractivity contribution in [2.75, 3.05) is 13.2 Å². The molecule has 7 nitrogen and oxygen atoms in total. The molecule has 1 aromatic carbocycles. The topological polar surface area (TPSA) is 104 Å². The molecule has 1 fully saturated rings. The largest absolute Gasteiger partial charge is 0.457 e. The summed E-state index contributed by atoms with van der Waals surface area (Å²) in [6.45, 7) is 6.72. The summed E-state index contributed by atoms with van der Waals surface area (Å²) in [7, 11) is 0. The monoisotopic (exact) mass is 375 g/mol. The predicted octanol–water partition coefficient (Wildman–Crippen LogP) is 2.85. The molecule has 1 aromatic rings. The molecule has 3 atom stereocenters. The maximum Gasteiger partial charge on any atom is 0.306 e. The van der Waals surface area contributed by atoms with E-state index in [-0.39, 0.29) is 36.9 Å². The number of carbonyl (C=O) groups excluding carboxylic acids is 3. The van der Waals surface area contributed by atoms with E-state index in [0.717, 1.165) is 16.7 Å². The van der Waals surface area contributed by atoms with Crippen LogP contribution in [0, 0.1) is 48.6 Å². The van der Waals surface area contributed by atoms with Crippen LogP contribution in [0.4, 0.5) is 0 Å².